The average Bonchev–Trinajstić information content (AvgIpc) is 3.13. The third-order valence-corrected chi connectivity index (χ3v) is 4.45. The molecule has 1 heterocycles. The van der Waals surface area contributed by atoms with Crippen molar-refractivity contribution < 1.29 is 19.1 Å². The highest BCUT2D eigenvalue weighted by Crippen LogP contribution is 2.17. The van der Waals surface area contributed by atoms with Crippen LogP contribution in [-0.4, -0.2) is 37.8 Å². The van der Waals surface area contributed by atoms with Gasteiger partial charge in [-0.05, 0) is 48.3 Å². The Bertz CT molecular complexity index is 726. The lowest BCUT2D eigenvalue weighted by molar-refractivity contribution is 0.0599. The minimum absolute atomic E-state index is 0.231. The van der Waals surface area contributed by atoms with Crippen molar-refractivity contribution in [3.8, 4) is 0 Å². The Morgan fingerprint density at radius 3 is 2.28 bits per heavy atom. The maximum Gasteiger partial charge on any atom is 0.337 e. The van der Waals surface area contributed by atoms with Crippen LogP contribution in [0.5, 0.6) is 0 Å². The topological polar surface area (TPSA) is 76.7 Å². The normalized spacial score (nSPS) is 10.0. The van der Waals surface area contributed by atoms with Crippen molar-refractivity contribution in [2.45, 2.75) is 6.42 Å². The molecule has 2 rings (SSSR count). The van der Waals surface area contributed by atoms with Gasteiger partial charge in [0.05, 0.1) is 25.3 Å². The first kappa shape index (κ1) is 18.9. The summed E-state index contributed by atoms with van der Waals surface area (Å²) in [5, 5.41) is 8.48. The number of ether oxygens (including phenoxy) is 2. The van der Waals surface area contributed by atoms with E-state index in [0.29, 0.717) is 17.3 Å². The third-order valence-electron chi connectivity index (χ3n) is 3.27. The summed E-state index contributed by atoms with van der Waals surface area (Å²) >= 11 is 6.94. The van der Waals surface area contributed by atoms with Crippen molar-refractivity contribution in [1.82, 2.24) is 5.32 Å². The maximum absolute atomic E-state index is 11.8. The van der Waals surface area contributed by atoms with Crippen molar-refractivity contribution in [3.05, 3.63) is 51.7 Å². The molecule has 0 spiro atoms. The molecule has 0 bridgehead atoms. The van der Waals surface area contributed by atoms with Crippen molar-refractivity contribution >= 4 is 46.3 Å². The van der Waals surface area contributed by atoms with E-state index in [-0.39, 0.29) is 11.1 Å². The molecule has 0 aliphatic rings. The molecular formula is C17H18N2O4S2. The van der Waals surface area contributed by atoms with Gasteiger partial charge in [0.15, 0.2) is 5.11 Å². The van der Waals surface area contributed by atoms with E-state index in [1.807, 2.05) is 11.4 Å². The number of thiocarbonyl (C=S) groups is 1. The van der Waals surface area contributed by atoms with Crippen LogP contribution in [0.2, 0.25) is 0 Å². The molecule has 2 N–H and O–H groups in total. The highest BCUT2D eigenvalue weighted by molar-refractivity contribution is 7.80. The summed E-state index contributed by atoms with van der Waals surface area (Å²) in [5.41, 5.74) is 0.959. The van der Waals surface area contributed by atoms with Crippen molar-refractivity contribution in [3.63, 3.8) is 0 Å². The molecule has 0 saturated heterocycles. The van der Waals surface area contributed by atoms with Crippen LogP contribution >= 0.6 is 23.6 Å². The molecule has 0 aliphatic heterocycles. The standard InChI is InChI=1S/C17H18N2O4S2/c1-22-15(20)11-8-12(16(21)23-2)10-13(9-11)19-17(24)18-6-5-14-4-3-7-25-14/h3-4,7-10H,5-6H2,1-2H3,(H2,18,19,24). The van der Waals surface area contributed by atoms with Crippen LogP contribution in [0.4, 0.5) is 5.69 Å². The Morgan fingerprint density at radius 1 is 1.12 bits per heavy atom. The molecule has 2 aromatic rings. The summed E-state index contributed by atoms with van der Waals surface area (Å²) in [7, 11) is 2.55. The molecule has 0 atom stereocenters. The van der Waals surface area contributed by atoms with E-state index in [1.54, 1.807) is 23.5 Å². The summed E-state index contributed by atoms with van der Waals surface area (Å²) in [6, 6.07) is 8.60. The quantitative estimate of drug-likeness (QED) is 0.591. The fourth-order valence-corrected chi connectivity index (χ4v) is 3.03. The number of carbonyl (C=O) groups excluding carboxylic acids is 2. The second kappa shape index (κ2) is 9.14. The van der Waals surface area contributed by atoms with E-state index in [4.69, 9.17) is 21.7 Å². The van der Waals surface area contributed by atoms with Crippen LogP contribution in [0, 0.1) is 0 Å². The minimum atomic E-state index is -0.551. The van der Waals surface area contributed by atoms with Crippen LogP contribution in [0.1, 0.15) is 25.6 Å². The number of hydrogen-bond acceptors (Lipinski definition) is 6. The minimum Gasteiger partial charge on any atom is -0.465 e. The van der Waals surface area contributed by atoms with Crippen LogP contribution in [0.25, 0.3) is 0 Å². The van der Waals surface area contributed by atoms with E-state index in [0.717, 1.165) is 6.42 Å². The third kappa shape index (κ3) is 5.54. The van der Waals surface area contributed by atoms with E-state index in [1.165, 1.54) is 25.2 Å². The van der Waals surface area contributed by atoms with Gasteiger partial charge in [0.2, 0.25) is 0 Å². The van der Waals surface area contributed by atoms with Gasteiger partial charge in [-0.2, -0.15) is 0 Å². The lowest BCUT2D eigenvalue weighted by atomic mass is 10.1. The molecule has 0 fully saturated rings. The number of thiophene rings is 1. The number of carbonyl (C=O) groups is 2. The number of esters is 2. The molecule has 1 aromatic heterocycles. The summed E-state index contributed by atoms with van der Waals surface area (Å²) in [4.78, 5) is 24.8. The monoisotopic (exact) mass is 378 g/mol. The predicted molar refractivity (Wildman–Crippen MR) is 101 cm³/mol. The largest absolute Gasteiger partial charge is 0.465 e. The number of anilines is 1. The summed E-state index contributed by atoms with van der Waals surface area (Å²) in [6.07, 6.45) is 0.856. The molecule has 25 heavy (non-hydrogen) atoms. The van der Waals surface area contributed by atoms with Gasteiger partial charge in [0, 0.05) is 17.1 Å². The number of nitrogens with one attached hydrogen (secondary N) is 2. The van der Waals surface area contributed by atoms with Gasteiger partial charge >= 0.3 is 11.9 Å². The van der Waals surface area contributed by atoms with Gasteiger partial charge in [0.25, 0.3) is 0 Å². The van der Waals surface area contributed by atoms with Crippen LogP contribution in [0.3, 0.4) is 0 Å². The highest BCUT2D eigenvalue weighted by Gasteiger charge is 2.14. The summed E-state index contributed by atoms with van der Waals surface area (Å²) in [5.74, 6) is -1.10. The van der Waals surface area contributed by atoms with Crippen LogP contribution in [0.15, 0.2) is 35.7 Å². The smallest absolute Gasteiger partial charge is 0.337 e. The molecular weight excluding hydrogens is 360 g/mol. The molecule has 0 aliphatic carbocycles. The number of benzene rings is 1. The zero-order valence-corrected chi connectivity index (χ0v) is 15.5. The van der Waals surface area contributed by atoms with Gasteiger partial charge in [0.1, 0.15) is 0 Å². The predicted octanol–water partition coefficient (Wildman–Crippen LogP) is 2.85. The maximum atomic E-state index is 11.8. The Morgan fingerprint density at radius 2 is 1.76 bits per heavy atom. The SMILES string of the molecule is COC(=O)c1cc(NC(=S)NCCc2cccs2)cc(C(=O)OC)c1. The number of hydrogen-bond donors (Lipinski definition) is 2. The number of rotatable bonds is 6. The Balaban J connectivity index is 2.04. The molecule has 132 valence electrons. The Hall–Kier alpha value is -2.45. The second-order valence-electron chi connectivity index (χ2n) is 4.99. The van der Waals surface area contributed by atoms with Crippen molar-refractivity contribution in [1.29, 1.82) is 0 Å². The van der Waals surface area contributed by atoms with Gasteiger partial charge in [-0.1, -0.05) is 6.07 Å². The molecule has 0 amide bonds. The number of methoxy groups -OCH3 is 2. The molecule has 8 heteroatoms. The van der Waals surface area contributed by atoms with E-state index in [9.17, 15) is 9.59 Å². The second-order valence-corrected chi connectivity index (χ2v) is 6.43. The molecule has 6 nitrogen and oxygen atoms in total. The molecule has 0 saturated carbocycles. The molecule has 0 radical (unpaired) electrons. The average molecular weight is 378 g/mol. The van der Waals surface area contributed by atoms with Crippen LogP contribution < -0.4 is 10.6 Å². The highest BCUT2D eigenvalue weighted by atomic mass is 32.1. The van der Waals surface area contributed by atoms with Gasteiger partial charge in [-0.25, -0.2) is 9.59 Å². The first-order chi connectivity index (χ1) is 12.0. The van der Waals surface area contributed by atoms with Gasteiger partial charge in [-0.3, -0.25) is 0 Å². The lowest BCUT2D eigenvalue weighted by Crippen LogP contribution is -2.30. The van der Waals surface area contributed by atoms with Crippen molar-refractivity contribution in [2.75, 3.05) is 26.1 Å². The zero-order valence-electron chi connectivity index (χ0n) is 13.8. The zero-order chi connectivity index (χ0) is 18.2. The fourth-order valence-electron chi connectivity index (χ4n) is 2.10. The Labute approximate surface area is 155 Å². The summed E-state index contributed by atoms with van der Waals surface area (Å²) < 4.78 is 9.41. The van der Waals surface area contributed by atoms with Gasteiger partial charge < -0.3 is 20.1 Å². The van der Waals surface area contributed by atoms with E-state index >= 15 is 0 Å². The Kier molecular flexibility index (Phi) is 6.91. The van der Waals surface area contributed by atoms with Crippen LogP contribution in [-0.2, 0) is 15.9 Å². The lowest BCUT2D eigenvalue weighted by Gasteiger charge is -2.12. The first-order valence-corrected chi connectivity index (χ1v) is 8.71. The first-order valence-electron chi connectivity index (χ1n) is 7.42. The van der Waals surface area contributed by atoms with Gasteiger partial charge in [-0.15, -0.1) is 11.3 Å². The fraction of sp³-hybridized carbons (Fsp3) is 0.235. The van der Waals surface area contributed by atoms with E-state index < -0.39 is 11.9 Å². The molecule has 1 aromatic carbocycles. The summed E-state index contributed by atoms with van der Waals surface area (Å²) in [6.45, 7) is 0.674. The molecule has 0 unspecified atom stereocenters. The van der Waals surface area contributed by atoms with E-state index in [2.05, 4.69) is 16.7 Å². The van der Waals surface area contributed by atoms with Crippen molar-refractivity contribution in [2.24, 2.45) is 0 Å².